The number of hydrogen-bond acceptors (Lipinski definition) is 4. The van der Waals surface area contributed by atoms with Crippen molar-refractivity contribution in [3.63, 3.8) is 0 Å². The number of piperidine rings is 1. The zero-order valence-electron chi connectivity index (χ0n) is 16.5. The highest BCUT2D eigenvalue weighted by atomic mass is 16.5. The molecule has 1 unspecified atom stereocenters. The number of hydrogen-bond donors (Lipinski definition) is 1. The normalized spacial score (nSPS) is 19.4. The molecule has 3 amide bonds. The van der Waals surface area contributed by atoms with Crippen molar-refractivity contribution in [2.75, 3.05) is 32.8 Å². The number of ether oxygens (including phenoxy) is 1. The van der Waals surface area contributed by atoms with Gasteiger partial charge in [0, 0.05) is 19.6 Å². The van der Waals surface area contributed by atoms with Gasteiger partial charge in [0.25, 0.3) is 5.91 Å². The maximum atomic E-state index is 13.0. The number of carbonyl (C=O) groups excluding carboxylic acids is 3. The molecule has 1 aromatic carbocycles. The van der Waals surface area contributed by atoms with Gasteiger partial charge in [-0.15, -0.1) is 0 Å². The molecule has 1 aromatic rings. The second kappa shape index (κ2) is 9.57. The van der Waals surface area contributed by atoms with Gasteiger partial charge < -0.3 is 19.9 Å². The molecule has 2 saturated heterocycles. The highest BCUT2D eigenvalue weighted by molar-refractivity contribution is 6.00. The van der Waals surface area contributed by atoms with Crippen LogP contribution >= 0.6 is 0 Å². The molecule has 2 aliphatic rings. The molecule has 28 heavy (non-hydrogen) atoms. The molecule has 3 rings (SSSR count). The first-order valence-electron chi connectivity index (χ1n) is 10.2. The van der Waals surface area contributed by atoms with Crippen molar-refractivity contribution in [3.8, 4) is 5.75 Å². The lowest BCUT2D eigenvalue weighted by atomic mass is 10.1. The van der Waals surface area contributed by atoms with Crippen molar-refractivity contribution in [2.45, 2.75) is 45.1 Å². The van der Waals surface area contributed by atoms with Gasteiger partial charge >= 0.3 is 0 Å². The minimum Gasteiger partial charge on any atom is -0.493 e. The highest BCUT2D eigenvalue weighted by Crippen LogP contribution is 2.25. The van der Waals surface area contributed by atoms with Crippen molar-refractivity contribution >= 4 is 17.7 Å². The Labute approximate surface area is 166 Å². The minimum atomic E-state index is -0.545. The summed E-state index contributed by atoms with van der Waals surface area (Å²) in [4.78, 5) is 41.4. The Hall–Kier alpha value is -2.57. The fraction of sp³-hybridized carbons (Fsp3) is 0.571. The summed E-state index contributed by atoms with van der Waals surface area (Å²) in [6.07, 6.45) is 4.55. The van der Waals surface area contributed by atoms with Crippen molar-refractivity contribution in [1.29, 1.82) is 0 Å². The third-order valence-corrected chi connectivity index (χ3v) is 5.36. The molecule has 0 aliphatic carbocycles. The van der Waals surface area contributed by atoms with Crippen molar-refractivity contribution in [1.82, 2.24) is 15.1 Å². The molecule has 2 fully saturated rings. The predicted molar refractivity (Wildman–Crippen MR) is 105 cm³/mol. The van der Waals surface area contributed by atoms with Gasteiger partial charge in [-0.25, -0.2) is 0 Å². The monoisotopic (exact) mass is 387 g/mol. The Morgan fingerprint density at radius 3 is 2.57 bits per heavy atom. The number of rotatable bonds is 6. The van der Waals surface area contributed by atoms with Crippen LogP contribution in [-0.2, 0) is 9.59 Å². The minimum absolute atomic E-state index is 0.00705. The first-order chi connectivity index (χ1) is 13.6. The van der Waals surface area contributed by atoms with Crippen LogP contribution in [0.1, 0.15) is 49.4 Å². The maximum Gasteiger partial charge on any atom is 0.258 e. The van der Waals surface area contributed by atoms with E-state index in [2.05, 4.69) is 5.32 Å². The summed E-state index contributed by atoms with van der Waals surface area (Å²) in [7, 11) is 0. The lowest BCUT2D eigenvalue weighted by molar-refractivity contribution is -0.134. The van der Waals surface area contributed by atoms with E-state index in [-0.39, 0.29) is 24.3 Å². The van der Waals surface area contributed by atoms with Crippen LogP contribution in [0.2, 0.25) is 0 Å². The van der Waals surface area contributed by atoms with E-state index in [0.29, 0.717) is 30.9 Å². The van der Waals surface area contributed by atoms with E-state index in [1.807, 2.05) is 13.0 Å². The molecule has 7 heteroatoms. The molecule has 0 aromatic heterocycles. The SMILES string of the molecule is CCOc1ccccc1C(=O)N1CCCC1C(=O)NCC(=O)N1CCCCC1. The fourth-order valence-electron chi connectivity index (χ4n) is 3.90. The molecule has 1 atom stereocenters. The Morgan fingerprint density at radius 1 is 1.07 bits per heavy atom. The van der Waals surface area contributed by atoms with E-state index in [4.69, 9.17) is 4.74 Å². The number of carbonyl (C=O) groups is 3. The van der Waals surface area contributed by atoms with E-state index in [1.165, 1.54) is 0 Å². The molecular formula is C21H29N3O4. The molecule has 0 spiro atoms. The largest absolute Gasteiger partial charge is 0.493 e. The van der Waals surface area contributed by atoms with Crippen LogP contribution in [0.15, 0.2) is 24.3 Å². The summed E-state index contributed by atoms with van der Waals surface area (Å²) in [6, 6.07) is 6.55. The number of likely N-dealkylation sites (tertiary alicyclic amines) is 2. The summed E-state index contributed by atoms with van der Waals surface area (Å²) in [6.45, 7) is 4.37. The summed E-state index contributed by atoms with van der Waals surface area (Å²) in [5.41, 5.74) is 0.466. The Balaban J connectivity index is 1.61. The number of nitrogens with one attached hydrogen (secondary N) is 1. The molecule has 2 heterocycles. The zero-order chi connectivity index (χ0) is 19.9. The van der Waals surface area contributed by atoms with Crippen molar-refractivity contribution < 1.29 is 19.1 Å². The van der Waals surface area contributed by atoms with Crippen molar-refractivity contribution in [3.05, 3.63) is 29.8 Å². The summed E-state index contributed by atoms with van der Waals surface area (Å²) in [5, 5.41) is 2.74. The lowest BCUT2D eigenvalue weighted by Crippen LogP contribution is -2.49. The molecule has 1 N–H and O–H groups in total. The molecule has 0 radical (unpaired) electrons. The summed E-state index contributed by atoms with van der Waals surface area (Å²) < 4.78 is 5.56. The zero-order valence-corrected chi connectivity index (χ0v) is 16.5. The summed E-state index contributed by atoms with van der Waals surface area (Å²) >= 11 is 0. The number of para-hydroxylation sites is 1. The van der Waals surface area contributed by atoms with Crippen molar-refractivity contribution in [2.24, 2.45) is 0 Å². The smallest absolute Gasteiger partial charge is 0.258 e. The maximum absolute atomic E-state index is 13.0. The third-order valence-electron chi connectivity index (χ3n) is 5.36. The second-order valence-corrected chi connectivity index (χ2v) is 7.24. The molecule has 152 valence electrons. The van der Waals surface area contributed by atoms with Crippen LogP contribution in [0.4, 0.5) is 0 Å². The van der Waals surface area contributed by atoms with E-state index >= 15 is 0 Å². The topological polar surface area (TPSA) is 79.0 Å². The van der Waals surface area contributed by atoms with Crippen LogP contribution in [0.3, 0.4) is 0 Å². The quantitative estimate of drug-likeness (QED) is 0.808. The highest BCUT2D eigenvalue weighted by Gasteiger charge is 2.35. The Bertz CT molecular complexity index is 715. The van der Waals surface area contributed by atoms with Gasteiger partial charge in [0.1, 0.15) is 11.8 Å². The predicted octanol–water partition coefficient (Wildman–Crippen LogP) is 1.82. The van der Waals surface area contributed by atoms with Gasteiger partial charge in [-0.1, -0.05) is 12.1 Å². The standard InChI is InChI=1S/C21H29N3O4/c1-2-28-18-11-5-4-9-16(18)21(27)24-14-8-10-17(24)20(26)22-15-19(25)23-12-6-3-7-13-23/h4-5,9,11,17H,2-3,6-8,10,12-15H2,1H3,(H,22,26). The van der Waals surface area contributed by atoms with Gasteiger partial charge in [-0.2, -0.15) is 0 Å². The van der Waals surface area contributed by atoms with Gasteiger partial charge in [-0.3, -0.25) is 14.4 Å². The number of amides is 3. The number of nitrogens with zero attached hydrogens (tertiary/aromatic N) is 2. The molecular weight excluding hydrogens is 358 g/mol. The average molecular weight is 387 g/mol. The molecule has 7 nitrogen and oxygen atoms in total. The van der Waals surface area contributed by atoms with Crippen LogP contribution in [0, 0.1) is 0 Å². The molecule has 0 saturated carbocycles. The van der Waals surface area contributed by atoms with Gasteiger partial charge in [0.2, 0.25) is 11.8 Å². The molecule has 0 bridgehead atoms. The van der Waals surface area contributed by atoms with Gasteiger partial charge in [-0.05, 0) is 51.2 Å². The second-order valence-electron chi connectivity index (χ2n) is 7.24. The number of benzene rings is 1. The van der Waals surface area contributed by atoms with E-state index < -0.39 is 6.04 Å². The molecule has 2 aliphatic heterocycles. The summed E-state index contributed by atoms with van der Waals surface area (Å²) in [5.74, 6) is 0.0149. The van der Waals surface area contributed by atoms with E-state index in [1.54, 1.807) is 28.0 Å². The first kappa shape index (κ1) is 20.2. The van der Waals surface area contributed by atoms with Gasteiger partial charge in [0.05, 0.1) is 18.7 Å². The van der Waals surface area contributed by atoms with E-state index in [9.17, 15) is 14.4 Å². The van der Waals surface area contributed by atoms with Gasteiger partial charge in [0.15, 0.2) is 0 Å². The van der Waals surface area contributed by atoms with Crippen LogP contribution < -0.4 is 10.1 Å². The average Bonchev–Trinajstić information content (AvgIpc) is 3.22. The first-order valence-corrected chi connectivity index (χ1v) is 10.2. The van der Waals surface area contributed by atoms with Crippen LogP contribution in [0.5, 0.6) is 5.75 Å². The van der Waals surface area contributed by atoms with Crippen LogP contribution in [-0.4, -0.2) is 66.3 Å². The third kappa shape index (κ3) is 4.64. The fourth-order valence-corrected chi connectivity index (χ4v) is 3.90. The lowest BCUT2D eigenvalue weighted by Gasteiger charge is -2.28. The Kier molecular flexibility index (Phi) is 6.90. The van der Waals surface area contributed by atoms with Crippen LogP contribution in [0.25, 0.3) is 0 Å². The van der Waals surface area contributed by atoms with E-state index in [0.717, 1.165) is 38.8 Å². The Morgan fingerprint density at radius 2 is 1.82 bits per heavy atom.